The van der Waals surface area contributed by atoms with Crippen LogP contribution in [0.5, 0.6) is 5.75 Å². The lowest BCUT2D eigenvalue weighted by molar-refractivity contribution is -0.0421. The number of carbonyl (C=O) groups is 1. The summed E-state index contributed by atoms with van der Waals surface area (Å²) in [4.78, 5) is 28.5. The van der Waals surface area contributed by atoms with E-state index in [1.165, 1.54) is 0 Å². The highest BCUT2D eigenvalue weighted by molar-refractivity contribution is 6.06. The standard InChI is InChI=1S/C22H17NO6/c1-2-26-22(25)17-16(19-13-8-4-5-9-14(13)27-11-28-19)20-18(23-21(17)24)12-7-3-6-10-15(12)29-20/h3-10,19H,2,11H2,1H3,(H,23,24). The van der Waals surface area contributed by atoms with Crippen molar-refractivity contribution in [3.05, 3.63) is 75.6 Å². The third-order valence-corrected chi connectivity index (χ3v) is 4.97. The fraction of sp³-hybridized carbons (Fsp3) is 0.182. The maximum atomic E-state index is 13.0. The predicted molar refractivity (Wildman–Crippen MR) is 105 cm³/mol. The molecule has 7 heteroatoms. The van der Waals surface area contributed by atoms with Crippen molar-refractivity contribution in [1.29, 1.82) is 0 Å². The largest absolute Gasteiger partial charge is 0.467 e. The van der Waals surface area contributed by atoms with Crippen molar-refractivity contribution in [1.82, 2.24) is 4.98 Å². The van der Waals surface area contributed by atoms with Crippen LogP contribution < -0.4 is 10.3 Å². The molecule has 2 aromatic carbocycles. The highest BCUT2D eigenvalue weighted by Gasteiger charge is 2.34. The Morgan fingerprint density at radius 2 is 1.97 bits per heavy atom. The zero-order valence-electron chi connectivity index (χ0n) is 15.6. The van der Waals surface area contributed by atoms with E-state index < -0.39 is 17.6 Å². The molecule has 29 heavy (non-hydrogen) atoms. The number of fused-ring (bicyclic) bond motifs is 4. The summed E-state index contributed by atoms with van der Waals surface area (Å²) < 4.78 is 22.7. The molecule has 0 radical (unpaired) electrons. The molecule has 1 aliphatic heterocycles. The van der Waals surface area contributed by atoms with Gasteiger partial charge in [0.15, 0.2) is 12.4 Å². The van der Waals surface area contributed by atoms with E-state index in [0.717, 1.165) is 5.39 Å². The number of hydrogen-bond donors (Lipinski definition) is 1. The molecule has 0 spiro atoms. The molecule has 7 nitrogen and oxygen atoms in total. The Balaban J connectivity index is 1.88. The van der Waals surface area contributed by atoms with Crippen LogP contribution in [0.2, 0.25) is 0 Å². The quantitative estimate of drug-likeness (QED) is 0.533. The minimum Gasteiger partial charge on any atom is -0.467 e. The first-order valence-electron chi connectivity index (χ1n) is 9.27. The predicted octanol–water partition coefficient (Wildman–Crippen LogP) is 3.91. The molecular weight excluding hydrogens is 374 g/mol. The van der Waals surface area contributed by atoms with Gasteiger partial charge in [-0.3, -0.25) is 4.79 Å². The maximum absolute atomic E-state index is 13.0. The summed E-state index contributed by atoms with van der Waals surface area (Å²) in [5, 5.41) is 0.747. The first kappa shape index (κ1) is 17.5. The van der Waals surface area contributed by atoms with E-state index in [2.05, 4.69) is 4.98 Å². The van der Waals surface area contributed by atoms with Gasteiger partial charge in [-0.2, -0.15) is 0 Å². The third-order valence-electron chi connectivity index (χ3n) is 4.97. The van der Waals surface area contributed by atoms with E-state index >= 15 is 0 Å². The Morgan fingerprint density at radius 1 is 1.17 bits per heavy atom. The van der Waals surface area contributed by atoms with E-state index in [4.69, 9.17) is 18.6 Å². The lowest BCUT2D eigenvalue weighted by Crippen LogP contribution is -2.27. The lowest BCUT2D eigenvalue weighted by Gasteiger charge is -2.27. The molecule has 0 aliphatic carbocycles. The van der Waals surface area contributed by atoms with Gasteiger partial charge in [-0.15, -0.1) is 0 Å². The number of nitrogens with one attached hydrogen (secondary N) is 1. The number of aromatic amines is 1. The summed E-state index contributed by atoms with van der Waals surface area (Å²) in [6, 6.07) is 14.7. The van der Waals surface area contributed by atoms with Crippen LogP contribution in [-0.2, 0) is 9.47 Å². The first-order valence-corrected chi connectivity index (χ1v) is 9.27. The number of carbonyl (C=O) groups excluding carboxylic acids is 1. The Labute approximate surface area is 164 Å². The molecule has 1 aliphatic rings. The molecule has 1 N–H and O–H groups in total. The Morgan fingerprint density at radius 3 is 2.83 bits per heavy atom. The minimum absolute atomic E-state index is 0.0154. The number of benzene rings is 2. The molecule has 0 fully saturated rings. The smallest absolute Gasteiger partial charge is 0.344 e. The van der Waals surface area contributed by atoms with Crippen LogP contribution in [0.1, 0.15) is 34.5 Å². The summed E-state index contributed by atoms with van der Waals surface area (Å²) >= 11 is 0. The molecular formula is C22H17NO6. The van der Waals surface area contributed by atoms with Crippen molar-refractivity contribution in [2.24, 2.45) is 0 Å². The van der Waals surface area contributed by atoms with Gasteiger partial charge in [0.2, 0.25) is 0 Å². The molecule has 5 rings (SSSR count). The van der Waals surface area contributed by atoms with Crippen molar-refractivity contribution < 1.29 is 23.4 Å². The molecule has 0 saturated carbocycles. The summed E-state index contributed by atoms with van der Waals surface area (Å²) in [5.41, 5.74) is 1.87. The molecule has 0 bridgehead atoms. The van der Waals surface area contributed by atoms with Gasteiger partial charge in [0.05, 0.1) is 17.7 Å². The van der Waals surface area contributed by atoms with Crippen LogP contribution in [0.25, 0.3) is 22.1 Å². The molecule has 1 unspecified atom stereocenters. The monoisotopic (exact) mass is 391 g/mol. The second kappa shape index (κ2) is 6.79. The molecule has 4 aromatic rings. The molecule has 146 valence electrons. The second-order valence-electron chi connectivity index (χ2n) is 6.61. The average Bonchev–Trinajstić information content (AvgIpc) is 3.11. The zero-order chi connectivity index (χ0) is 20.0. The van der Waals surface area contributed by atoms with Crippen LogP contribution in [-0.4, -0.2) is 24.4 Å². The van der Waals surface area contributed by atoms with E-state index in [9.17, 15) is 9.59 Å². The Hall–Kier alpha value is -3.58. The number of para-hydroxylation sites is 2. The van der Waals surface area contributed by atoms with E-state index in [-0.39, 0.29) is 19.0 Å². The Kier molecular flexibility index (Phi) is 4.10. The van der Waals surface area contributed by atoms with Gasteiger partial charge >= 0.3 is 5.97 Å². The van der Waals surface area contributed by atoms with Crippen molar-refractivity contribution in [2.75, 3.05) is 13.4 Å². The maximum Gasteiger partial charge on any atom is 0.344 e. The number of hydrogen-bond acceptors (Lipinski definition) is 6. The molecule has 0 amide bonds. The number of furan rings is 1. The number of ether oxygens (including phenoxy) is 3. The average molecular weight is 391 g/mol. The normalized spacial score (nSPS) is 15.8. The van der Waals surface area contributed by atoms with Gasteiger partial charge in [-0.05, 0) is 25.1 Å². The van der Waals surface area contributed by atoms with Crippen LogP contribution in [0.3, 0.4) is 0 Å². The molecule has 3 heterocycles. The third kappa shape index (κ3) is 2.70. The molecule has 2 aromatic heterocycles. The highest BCUT2D eigenvalue weighted by Crippen LogP contribution is 2.41. The topological polar surface area (TPSA) is 90.8 Å². The minimum atomic E-state index is -0.723. The Bertz CT molecular complexity index is 1300. The van der Waals surface area contributed by atoms with Crippen LogP contribution in [0, 0.1) is 0 Å². The van der Waals surface area contributed by atoms with Crippen molar-refractivity contribution >= 4 is 28.0 Å². The molecule has 0 saturated heterocycles. The van der Waals surface area contributed by atoms with Crippen LogP contribution >= 0.6 is 0 Å². The van der Waals surface area contributed by atoms with Gasteiger partial charge in [0.1, 0.15) is 23.0 Å². The van der Waals surface area contributed by atoms with Gasteiger partial charge < -0.3 is 23.6 Å². The number of pyridine rings is 1. The zero-order valence-corrected chi connectivity index (χ0v) is 15.6. The van der Waals surface area contributed by atoms with Crippen LogP contribution in [0.15, 0.2) is 57.7 Å². The fourth-order valence-corrected chi connectivity index (χ4v) is 3.75. The first-order chi connectivity index (χ1) is 14.2. The van der Waals surface area contributed by atoms with Crippen molar-refractivity contribution in [3.63, 3.8) is 0 Å². The van der Waals surface area contributed by atoms with Gasteiger partial charge in [0, 0.05) is 10.9 Å². The van der Waals surface area contributed by atoms with E-state index in [0.29, 0.717) is 33.6 Å². The molecule has 1 atom stereocenters. The summed E-state index contributed by atoms with van der Waals surface area (Å²) in [6.45, 7) is 1.81. The van der Waals surface area contributed by atoms with Gasteiger partial charge in [-0.1, -0.05) is 30.3 Å². The number of H-pyrrole nitrogens is 1. The summed E-state index contributed by atoms with van der Waals surface area (Å²) in [7, 11) is 0. The van der Waals surface area contributed by atoms with Crippen molar-refractivity contribution in [2.45, 2.75) is 13.0 Å². The van der Waals surface area contributed by atoms with Crippen LogP contribution in [0.4, 0.5) is 0 Å². The van der Waals surface area contributed by atoms with E-state index in [1.54, 1.807) is 13.0 Å². The van der Waals surface area contributed by atoms with Gasteiger partial charge in [-0.25, -0.2) is 4.79 Å². The number of esters is 1. The summed E-state index contributed by atoms with van der Waals surface area (Å²) in [5.74, 6) is -0.0956. The van der Waals surface area contributed by atoms with Crippen molar-refractivity contribution in [3.8, 4) is 5.75 Å². The van der Waals surface area contributed by atoms with Gasteiger partial charge in [0.25, 0.3) is 5.56 Å². The van der Waals surface area contributed by atoms with E-state index in [1.807, 2.05) is 42.5 Å². The second-order valence-corrected chi connectivity index (χ2v) is 6.61. The lowest BCUT2D eigenvalue weighted by atomic mass is 9.95. The number of rotatable bonds is 3. The number of aromatic nitrogens is 1. The highest BCUT2D eigenvalue weighted by atomic mass is 16.7. The summed E-state index contributed by atoms with van der Waals surface area (Å²) in [6.07, 6.45) is -0.718. The SMILES string of the molecule is CCOC(=O)c1c(C2OCOc3ccccc32)c2oc3ccccc3c2[nH]c1=O. The fourth-order valence-electron chi connectivity index (χ4n) is 3.75.